The smallest absolute Gasteiger partial charge is 0.288 e. The third kappa shape index (κ3) is 3.70. The molecule has 0 saturated heterocycles. The van der Waals surface area contributed by atoms with Gasteiger partial charge in [0, 0.05) is 18.0 Å². The fourth-order valence-electron chi connectivity index (χ4n) is 2.84. The SMILES string of the molecule is CCNC(C)C(c1cc(Cl)c([N+](=O)[O-])cc1C)C(C)C. The lowest BCUT2D eigenvalue weighted by molar-refractivity contribution is -0.384. The lowest BCUT2D eigenvalue weighted by atomic mass is 9.81. The number of halogens is 1. The monoisotopic (exact) mass is 298 g/mol. The lowest BCUT2D eigenvalue weighted by Gasteiger charge is -2.30. The summed E-state index contributed by atoms with van der Waals surface area (Å²) < 4.78 is 0. The highest BCUT2D eigenvalue weighted by Gasteiger charge is 2.26. The Hall–Kier alpha value is -1.13. The number of hydrogen-bond acceptors (Lipinski definition) is 3. The highest BCUT2D eigenvalue weighted by molar-refractivity contribution is 6.32. The normalized spacial score (nSPS) is 14.3. The average Bonchev–Trinajstić information content (AvgIpc) is 2.32. The molecule has 0 amide bonds. The van der Waals surface area contributed by atoms with Crippen LogP contribution in [0.3, 0.4) is 0 Å². The van der Waals surface area contributed by atoms with Crippen LogP contribution in [0.15, 0.2) is 12.1 Å². The van der Waals surface area contributed by atoms with Crippen molar-refractivity contribution >= 4 is 17.3 Å². The Bertz CT molecular complexity index is 489. The van der Waals surface area contributed by atoms with Crippen LogP contribution in [0.4, 0.5) is 5.69 Å². The molecule has 1 N–H and O–H groups in total. The van der Waals surface area contributed by atoms with E-state index in [1.807, 2.05) is 6.92 Å². The van der Waals surface area contributed by atoms with Gasteiger partial charge in [-0.05, 0) is 43.5 Å². The predicted molar refractivity (Wildman–Crippen MR) is 83.6 cm³/mol. The van der Waals surface area contributed by atoms with E-state index in [0.29, 0.717) is 5.92 Å². The molecule has 0 aliphatic heterocycles. The second kappa shape index (κ2) is 7.04. The van der Waals surface area contributed by atoms with E-state index >= 15 is 0 Å². The zero-order chi connectivity index (χ0) is 15.4. The molecule has 1 aromatic rings. The lowest BCUT2D eigenvalue weighted by Crippen LogP contribution is -2.34. The molecule has 112 valence electrons. The van der Waals surface area contributed by atoms with Crippen molar-refractivity contribution in [2.75, 3.05) is 6.54 Å². The number of benzene rings is 1. The molecule has 0 aliphatic rings. The summed E-state index contributed by atoms with van der Waals surface area (Å²) in [5, 5.41) is 14.6. The van der Waals surface area contributed by atoms with Crippen LogP contribution in [0.1, 0.15) is 44.7 Å². The molecule has 0 aliphatic carbocycles. The maximum atomic E-state index is 10.9. The van der Waals surface area contributed by atoms with E-state index in [9.17, 15) is 10.1 Å². The van der Waals surface area contributed by atoms with Gasteiger partial charge in [0.1, 0.15) is 5.02 Å². The first-order valence-electron chi connectivity index (χ1n) is 6.97. The zero-order valence-corrected chi connectivity index (χ0v) is 13.5. The highest BCUT2D eigenvalue weighted by atomic mass is 35.5. The zero-order valence-electron chi connectivity index (χ0n) is 12.7. The summed E-state index contributed by atoms with van der Waals surface area (Å²) in [6, 6.07) is 3.62. The number of nitro benzene ring substituents is 1. The molecular formula is C15H23ClN2O2. The van der Waals surface area contributed by atoms with E-state index in [1.54, 1.807) is 12.1 Å². The number of nitrogens with one attached hydrogen (secondary N) is 1. The number of hydrogen-bond donors (Lipinski definition) is 1. The summed E-state index contributed by atoms with van der Waals surface area (Å²) in [4.78, 5) is 10.5. The molecule has 0 radical (unpaired) electrons. The first-order chi connectivity index (χ1) is 9.29. The molecule has 0 aromatic heterocycles. The summed E-state index contributed by atoms with van der Waals surface area (Å²) in [6.45, 7) is 11.3. The van der Waals surface area contributed by atoms with Gasteiger partial charge in [0.2, 0.25) is 0 Å². The van der Waals surface area contributed by atoms with Crippen molar-refractivity contribution in [3.8, 4) is 0 Å². The topological polar surface area (TPSA) is 55.2 Å². The van der Waals surface area contributed by atoms with E-state index in [0.717, 1.165) is 17.7 Å². The molecule has 0 fully saturated rings. The van der Waals surface area contributed by atoms with Gasteiger partial charge in [-0.1, -0.05) is 32.4 Å². The minimum atomic E-state index is -0.433. The van der Waals surface area contributed by atoms with Gasteiger partial charge in [-0.25, -0.2) is 0 Å². The van der Waals surface area contributed by atoms with E-state index in [4.69, 9.17) is 11.6 Å². The number of likely N-dealkylation sites (N-methyl/N-ethyl adjacent to an activating group) is 1. The molecular weight excluding hydrogens is 276 g/mol. The number of rotatable bonds is 6. The van der Waals surface area contributed by atoms with Gasteiger partial charge in [-0.2, -0.15) is 0 Å². The van der Waals surface area contributed by atoms with Gasteiger partial charge in [0.05, 0.1) is 4.92 Å². The third-order valence-electron chi connectivity index (χ3n) is 3.67. The molecule has 0 heterocycles. The Balaban J connectivity index is 3.28. The van der Waals surface area contributed by atoms with Crippen LogP contribution in [-0.2, 0) is 0 Å². The molecule has 0 spiro atoms. The first kappa shape index (κ1) is 16.9. The van der Waals surface area contributed by atoms with Crippen molar-refractivity contribution in [2.24, 2.45) is 5.92 Å². The maximum Gasteiger partial charge on any atom is 0.288 e. The molecule has 1 aromatic carbocycles. The molecule has 2 atom stereocenters. The minimum absolute atomic E-state index is 0.0217. The van der Waals surface area contributed by atoms with Crippen LogP contribution < -0.4 is 5.32 Å². The van der Waals surface area contributed by atoms with Crippen molar-refractivity contribution in [3.05, 3.63) is 38.4 Å². The van der Waals surface area contributed by atoms with Crippen molar-refractivity contribution in [1.29, 1.82) is 0 Å². The second-order valence-electron chi connectivity index (χ2n) is 5.53. The Morgan fingerprint density at radius 1 is 1.35 bits per heavy atom. The summed E-state index contributed by atoms with van der Waals surface area (Å²) in [7, 11) is 0. The maximum absolute atomic E-state index is 10.9. The second-order valence-corrected chi connectivity index (χ2v) is 5.94. The Morgan fingerprint density at radius 2 is 1.95 bits per heavy atom. The quantitative estimate of drug-likeness (QED) is 0.629. The molecule has 5 heteroatoms. The van der Waals surface area contributed by atoms with E-state index in [1.165, 1.54) is 0 Å². The summed E-state index contributed by atoms with van der Waals surface area (Å²) in [6.07, 6.45) is 0. The summed E-state index contributed by atoms with van der Waals surface area (Å²) in [5.41, 5.74) is 1.99. The molecule has 1 rings (SSSR count). The van der Waals surface area contributed by atoms with E-state index in [2.05, 4.69) is 33.0 Å². The fourth-order valence-corrected chi connectivity index (χ4v) is 3.08. The van der Waals surface area contributed by atoms with Crippen molar-refractivity contribution in [2.45, 2.75) is 46.6 Å². The Morgan fingerprint density at radius 3 is 2.40 bits per heavy atom. The summed E-state index contributed by atoms with van der Waals surface area (Å²) >= 11 is 6.06. The highest BCUT2D eigenvalue weighted by Crippen LogP contribution is 2.36. The van der Waals surface area contributed by atoms with Gasteiger partial charge in [0.15, 0.2) is 0 Å². The molecule has 0 bridgehead atoms. The van der Waals surface area contributed by atoms with Gasteiger partial charge >= 0.3 is 0 Å². The van der Waals surface area contributed by atoms with Gasteiger partial charge < -0.3 is 5.32 Å². The standard InChI is InChI=1S/C15H23ClN2O2/c1-6-17-11(5)15(9(2)3)12-8-13(16)14(18(19)20)7-10(12)4/h7-9,11,15,17H,6H2,1-5H3. The molecule has 2 unspecified atom stereocenters. The van der Waals surface area contributed by atoms with E-state index in [-0.39, 0.29) is 22.7 Å². The van der Waals surface area contributed by atoms with Crippen molar-refractivity contribution in [1.82, 2.24) is 5.32 Å². The van der Waals surface area contributed by atoms with Crippen LogP contribution in [0.2, 0.25) is 5.02 Å². The van der Waals surface area contributed by atoms with E-state index < -0.39 is 4.92 Å². The first-order valence-corrected chi connectivity index (χ1v) is 7.35. The summed E-state index contributed by atoms with van der Waals surface area (Å²) in [5.74, 6) is 0.688. The van der Waals surface area contributed by atoms with Gasteiger partial charge in [0.25, 0.3) is 5.69 Å². The van der Waals surface area contributed by atoms with Crippen LogP contribution in [0, 0.1) is 23.0 Å². The predicted octanol–water partition coefficient (Wildman–Crippen LogP) is 4.29. The van der Waals surface area contributed by atoms with Crippen LogP contribution in [-0.4, -0.2) is 17.5 Å². The fraction of sp³-hybridized carbons (Fsp3) is 0.600. The van der Waals surface area contributed by atoms with Crippen LogP contribution in [0.25, 0.3) is 0 Å². The van der Waals surface area contributed by atoms with Gasteiger partial charge in [-0.15, -0.1) is 0 Å². The molecule has 4 nitrogen and oxygen atoms in total. The largest absolute Gasteiger partial charge is 0.314 e. The Labute approximate surface area is 125 Å². The minimum Gasteiger partial charge on any atom is -0.314 e. The van der Waals surface area contributed by atoms with Crippen LogP contribution in [0.5, 0.6) is 0 Å². The van der Waals surface area contributed by atoms with Crippen molar-refractivity contribution in [3.63, 3.8) is 0 Å². The average molecular weight is 299 g/mol. The third-order valence-corrected chi connectivity index (χ3v) is 3.98. The Kier molecular flexibility index (Phi) is 5.96. The van der Waals surface area contributed by atoms with Crippen molar-refractivity contribution < 1.29 is 4.92 Å². The number of nitrogens with zero attached hydrogens (tertiary/aromatic N) is 1. The number of nitro groups is 1. The molecule has 0 saturated carbocycles. The van der Waals surface area contributed by atoms with Gasteiger partial charge in [-0.3, -0.25) is 10.1 Å². The number of aryl methyl sites for hydroxylation is 1. The van der Waals surface area contributed by atoms with Crippen LogP contribution >= 0.6 is 11.6 Å². The molecule has 20 heavy (non-hydrogen) atoms.